The van der Waals surface area contributed by atoms with Crippen molar-refractivity contribution in [3.05, 3.63) is 79.0 Å². The van der Waals surface area contributed by atoms with Gasteiger partial charge in [-0.25, -0.2) is 4.39 Å². The Morgan fingerprint density at radius 1 is 1.00 bits per heavy atom. The van der Waals surface area contributed by atoms with E-state index in [0.717, 1.165) is 11.1 Å². The van der Waals surface area contributed by atoms with Crippen LogP contribution in [0.1, 0.15) is 5.56 Å². The van der Waals surface area contributed by atoms with Crippen LogP contribution >= 0.6 is 0 Å². The van der Waals surface area contributed by atoms with Crippen molar-refractivity contribution in [2.24, 2.45) is 0 Å². The van der Waals surface area contributed by atoms with Gasteiger partial charge in [-0.3, -0.25) is 0 Å². The van der Waals surface area contributed by atoms with Crippen molar-refractivity contribution in [1.82, 2.24) is 0 Å². The standard InChI is InChI=1S/C15H12F/c1-2-6-12-9-10-14(15(16)11-12)13-7-4-3-5-8-13/h2-11H,1H2. The summed E-state index contributed by atoms with van der Waals surface area (Å²) in [5.74, 6) is -0.207. The highest BCUT2D eigenvalue weighted by molar-refractivity contribution is 5.64. The summed E-state index contributed by atoms with van der Waals surface area (Å²) in [6.07, 6.45) is 3.43. The van der Waals surface area contributed by atoms with Crippen LogP contribution < -0.4 is 0 Å². The maximum Gasteiger partial charge on any atom is 0.131 e. The summed E-state index contributed by atoms with van der Waals surface area (Å²) in [5.41, 5.74) is 2.35. The van der Waals surface area contributed by atoms with Crippen LogP contribution in [0.2, 0.25) is 0 Å². The van der Waals surface area contributed by atoms with Crippen molar-refractivity contribution in [3.63, 3.8) is 0 Å². The second-order valence-electron chi connectivity index (χ2n) is 3.51. The summed E-state index contributed by atoms with van der Waals surface area (Å²) in [6.45, 7) is 3.59. The molecule has 0 aliphatic rings. The highest BCUT2D eigenvalue weighted by Gasteiger charge is 2.04. The van der Waals surface area contributed by atoms with E-state index in [1.807, 2.05) is 36.4 Å². The van der Waals surface area contributed by atoms with Crippen molar-refractivity contribution in [1.29, 1.82) is 0 Å². The van der Waals surface area contributed by atoms with Crippen LogP contribution in [-0.4, -0.2) is 0 Å². The lowest BCUT2D eigenvalue weighted by Gasteiger charge is -2.04. The predicted octanol–water partition coefficient (Wildman–Crippen LogP) is 4.23. The molecule has 1 radical (unpaired) electrons. The average molecular weight is 211 g/mol. The molecule has 0 aromatic heterocycles. The molecular weight excluding hydrogens is 199 g/mol. The summed E-state index contributed by atoms with van der Waals surface area (Å²) in [6, 6.07) is 14.7. The third kappa shape index (κ3) is 2.19. The highest BCUT2D eigenvalue weighted by atomic mass is 19.1. The lowest BCUT2D eigenvalue weighted by atomic mass is 10.0. The second-order valence-corrected chi connectivity index (χ2v) is 3.51. The lowest BCUT2D eigenvalue weighted by Crippen LogP contribution is -1.87. The Bertz CT molecular complexity index is 486. The van der Waals surface area contributed by atoms with E-state index in [0.29, 0.717) is 5.56 Å². The van der Waals surface area contributed by atoms with Gasteiger partial charge in [0.15, 0.2) is 0 Å². The van der Waals surface area contributed by atoms with Gasteiger partial charge >= 0.3 is 0 Å². The summed E-state index contributed by atoms with van der Waals surface area (Å²) in [4.78, 5) is 0. The summed E-state index contributed by atoms with van der Waals surface area (Å²) in [5, 5.41) is 0. The number of hydrogen-bond donors (Lipinski definition) is 0. The molecule has 0 unspecified atom stereocenters. The molecular formula is C15H12F. The van der Waals surface area contributed by atoms with E-state index in [9.17, 15) is 4.39 Å². The smallest absolute Gasteiger partial charge is 0.131 e. The summed E-state index contributed by atoms with van der Waals surface area (Å²) in [7, 11) is 0. The van der Waals surface area contributed by atoms with E-state index in [1.165, 1.54) is 6.07 Å². The molecule has 1 heteroatoms. The van der Waals surface area contributed by atoms with Gasteiger partial charge in [0.05, 0.1) is 0 Å². The Balaban J connectivity index is 2.40. The van der Waals surface area contributed by atoms with E-state index in [-0.39, 0.29) is 5.82 Å². The fraction of sp³-hybridized carbons (Fsp3) is 0. The zero-order valence-electron chi connectivity index (χ0n) is 8.86. The van der Waals surface area contributed by atoms with Crippen LogP contribution in [-0.2, 0) is 0 Å². The Morgan fingerprint density at radius 2 is 1.75 bits per heavy atom. The van der Waals surface area contributed by atoms with Crippen molar-refractivity contribution < 1.29 is 4.39 Å². The Labute approximate surface area is 95.1 Å². The largest absolute Gasteiger partial charge is 0.206 e. The maximum atomic E-state index is 13.8. The predicted molar refractivity (Wildman–Crippen MR) is 65.4 cm³/mol. The van der Waals surface area contributed by atoms with E-state index in [2.05, 4.69) is 6.58 Å². The Morgan fingerprint density at radius 3 is 2.38 bits per heavy atom. The molecule has 0 bridgehead atoms. The van der Waals surface area contributed by atoms with Gasteiger partial charge in [0.25, 0.3) is 0 Å². The Hall–Kier alpha value is -1.89. The van der Waals surface area contributed by atoms with Crippen molar-refractivity contribution in [2.45, 2.75) is 0 Å². The number of hydrogen-bond acceptors (Lipinski definition) is 0. The first kappa shape index (κ1) is 10.6. The quantitative estimate of drug-likeness (QED) is 0.712. The fourth-order valence-corrected chi connectivity index (χ4v) is 1.62. The van der Waals surface area contributed by atoms with Gasteiger partial charge in [-0.05, 0) is 17.2 Å². The molecule has 0 nitrogen and oxygen atoms in total. The van der Waals surface area contributed by atoms with Crippen molar-refractivity contribution in [2.75, 3.05) is 0 Å². The molecule has 0 saturated heterocycles. The number of allylic oxidation sites excluding steroid dienone is 1. The molecule has 0 amide bonds. The van der Waals surface area contributed by atoms with Crippen LogP contribution in [0, 0.1) is 12.2 Å². The second kappa shape index (κ2) is 4.75. The molecule has 0 aliphatic carbocycles. The van der Waals surface area contributed by atoms with E-state index < -0.39 is 0 Å². The molecule has 16 heavy (non-hydrogen) atoms. The van der Waals surface area contributed by atoms with Gasteiger partial charge < -0.3 is 0 Å². The van der Waals surface area contributed by atoms with Gasteiger partial charge in [0.2, 0.25) is 0 Å². The van der Waals surface area contributed by atoms with Crippen molar-refractivity contribution in [3.8, 4) is 11.1 Å². The molecule has 0 aliphatic heterocycles. The molecule has 0 spiro atoms. The fourth-order valence-electron chi connectivity index (χ4n) is 1.62. The lowest BCUT2D eigenvalue weighted by molar-refractivity contribution is 0.630. The molecule has 0 N–H and O–H groups in total. The number of benzene rings is 2. The third-order valence-electron chi connectivity index (χ3n) is 2.39. The topological polar surface area (TPSA) is 0 Å². The monoisotopic (exact) mass is 211 g/mol. The zero-order chi connectivity index (χ0) is 11.4. The third-order valence-corrected chi connectivity index (χ3v) is 2.39. The molecule has 0 fully saturated rings. The minimum absolute atomic E-state index is 0.207. The van der Waals surface area contributed by atoms with Crippen LogP contribution in [0.5, 0.6) is 0 Å². The van der Waals surface area contributed by atoms with Crippen LogP contribution in [0.15, 0.2) is 61.2 Å². The average Bonchev–Trinajstić information content (AvgIpc) is 2.31. The zero-order valence-corrected chi connectivity index (χ0v) is 8.86. The van der Waals surface area contributed by atoms with Crippen molar-refractivity contribution >= 4 is 0 Å². The molecule has 79 valence electrons. The van der Waals surface area contributed by atoms with Crippen LogP contribution in [0.3, 0.4) is 0 Å². The van der Waals surface area contributed by atoms with Crippen LogP contribution in [0.25, 0.3) is 11.1 Å². The Kier molecular flexibility index (Phi) is 3.16. The molecule has 2 aromatic rings. The van der Waals surface area contributed by atoms with Crippen LogP contribution in [0.4, 0.5) is 4.39 Å². The van der Waals surface area contributed by atoms with E-state index >= 15 is 0 Å². The summed E-state index contributed by atoms with van der Waals surface area (Å²) < 4.78 is 13.8. The SMILES string of the molecule is C=C[CH]c1ccc(-c2ccccc2)c(F)c1. The highest BCUT2D eigenvalue weighted by Crippen LogP contribution is 2.23. The van der Waals surface area contributed by atoms with Gasteiger partial charge in [-0.2, -0.15) is 0 Å². The molecule has 2 aromatic carbocycles. The minimum atomic E-state index is -0.207. The van der Waals surface area contributed by atoms with Gasteiger partial charge in [-0.15, -0.1) is 6.58 Å². The number of rotatable bonds is 3. The first-order valence-corrected chi connectivity index (χ1v) is 5.12. The molecule has 0 atom stereocenters. The number of halogens is 1. The maximum absolute atomic E-state index is 13.8. The van der Waals surface area contributed by atoms with E-state index in [4.69, 9.17) is 0 Å². The first-order chi connectivity index (χ1) is 7.81. The van der Waals surface area contributed by atoms with Gasteiger partial charge in [-0.1, -0.05) is 48.5 Å². The van der Waals surface area contributed by atoms with Gasteiger partial charge in [0, 0.05) is 12.0 Å². The van der Waals surface area contributed by atoms with Gasteiger partial charge in [0.1, 0.15) is 5.82 Å². The first-order valence-electron chi connectivity index (χ1n) is 5.12. The normalized spacial score (nSPS) is 10.1. The molecule has 0 saturated carbocycles. The molecule has 2 rings (SSSR count). The van der Waals surface area contributed by atoms with E-state index in [1.54, 1.807) is 18.6 Å². The minimum Gasteiger partial charge on any atom is -0.206 e. The molecule has 0 heterocycles. The summed E-state index contributed by atoms with van der Waals surface area (Å²) >= 11 is 0.